The number of rotatable bonds is 6. The Morgan fingerprint density at radius 2 is 1.71 bits per heavy atom. The molecule has 42 heavy (non-hydrogen) atoms. The van der Waals surface area contributed by atoms with Gasteiger partial charge in [0.2, 0.25) is 0 Å². The molecule has 0 spiro atoms. The molecule has 4 aromatic rings. The Labute approximate surface area is 243 Å². The number of benzene rings is 1. The molecule has 3 aromatic heterocycles. The predicted molar refractivity (Wildman–Crippen MR) is 151 cm³/mol. The second kappa shape index (κ2) is 11.6. The highest BCUT2D eigenvalue weighted by Crippen LogP contribution is 2.32. The fourth-order valence-corrected chi connectivity index (χ4v) is 5.66. The maximum absolute atomic E-state index is 13.8. The van der Waals surface area contributed by atoms with E-state index in [1.807, 2.05) is 31.2 Å². The average Bonchev–Trinajstić information content (AvgIpc) is 3.23. The van der Waals surface area contributed by atoms with E-state index < -0.39 is 23.3 Å². The third-order valence-corrected chi connectivity index (χ3v) is 7.82. The lowest BCUT2D eigenvalue weighted by atomic mass is 9.85. The molecule has 3 heterocycles. The van der Waals surface area contributed by atoms with Crippen LogP contribution in [0.4, 0.5) is 13.2 Å². The minimum absolute atomic E-state index is 0.0603. The number of hydrogen-bond donors (Lipinski definition) is 2. The molecule has 1 aromatic carbocycles. The van der Waals surface area contributed by atoms with Crippen LogP contribution in [-0.2, 0) is 12.7 Å². The summed E-state index contributed by atoms with van der Waals surface area (Å²) in [6, 6.07) is 9.72. The summed E-state index contributed by atoms with van der Waals surface area (Å²) in [4.78, 5) is 46.1. The van der Waals surface area contributed by atoms with Crippen molar-refractivity contribution in [2.24, 2.45) is 5.92 Å². The summed E-state index contributed by atoms with van der Waals surface area (Å²) >= 11 is 5.82. The Balaban J connectivity index is 1.33. The Bertz CT molecular complexity index is 1720. The summed E-state index contributed by atoms with van der Waals surface area (Å²) in [7, 11) is 1.52. The normalized spacial score (nSPS) is 17.3. The summed E-state index contributed by atoms with van der Waals surface area (Å²) in [6.07, 6.45) is 0.0134. The van der Waals surface area contributed by atoms with Crippen LogP contribution in [0.5, 0.6) is 0 Å². The Kier molecular flexibility index (Phi) is 8.09. The highest BCUT2D eigenvalue weighted by atomic mass is 35.5. The van der Waals surface area contributed by atoms with Gasteiger partial charge in [0.1, 0.15) is 5.69 Å². The molecular weight excluding hydrogens is 573 g/mol. The van der Waals surface area contributed by atoms with Crippen LogP contribution in [0.2, 0.25) is 5.02 Å². The maximum atomic E-state index is 13.8. The molecule has 13 heteroatoms. The zero-order valence-electron chi connectivity index (χ0n) is 22.8. The minimum Gasteiger partial charge on any atom is -0.354 e. The first kappa shape index (κ1) is 29.3. The molecule has 0 unspecified atom stereocenters. The van der Waals surface area contributed by atoms with Gasteiger partial charge in [0.25, 0.3) is 11.8 Å². The molecule has 0 saturated heterocycles. The van der Waals surface area contributed by atoms with Gasteiger partial charge in [-0.2, -0.15) is 13.2 Å². The van der Waals surface area contributed by atoms with Crippen LogP contribution in [0, 0.1) is 12.8 Å². The van der Waals surface area contributed by atoms with Gasteiger partial charge < -0.3 is 10.6 Å². The number of amides is 2. The highest BCUT2D eigenvalue weighted by Gasteiger charge is 2.38. The number of carbonyl (C=O) groups excluding carboxylic acids is 2. The molecule has 1 saturated carbocycles. The van der Waals surface area contributed by atoms with Gasteiger partial charge in [-0.15, -0.1) is 0 Å². The van der Waals surface area contributed by atoms with Crippen molar-refractivity contribution in [3.8, 4) is 5.69 Å². The van der Waals surface area contributed by atoms with Gasteiger partial charge in [0.05, 0.1) is 33.5 Å². The molecule has 0 aliphatic heterocycles. The molecule has 0 bridgehead atoms. The third-order valence-electron chi connectivity index (χ3n) is 7.61. The monoisotopic (exact) mass is 600 g/mol. The summed E-state index contributed by atoms with van der Waals surface area (Å²) in [5.74, 6) is -1.08. The van der Waals surface area contributed by atoms with E-state index in [9.17, 15) is 27.6 Å². The van der Waals surface area contributed by atoms with Gasteiger partial charge >= 0.3 is 11.9 Å². The first-order valence-corrected chi connectivity index (χ1v) is 13.8. The number of carbonyl (C=O) groups is 2. The second-order valence-electron chi connectivity index (χ2n) is 10.4. The van der Waals surface area contributed by atoms with E-state index >= 15 is 0 Å². The molecule has 0 radical (unpaired) electrons. The molecule has 2 amide bonds. The standard InChI is InChI=1S/C29H28ClF3N6O3/c1-16-11-21(27(41)34-2)35-14-24(16)39-23-6-4-3-5-22(23)38(28(39)42)15-17-7-9-19(10-8-17)37-26(40)20-12-18(30)13-36-25(20)29(31,32)33/h3-6,11-14,17,19H,7-10,15H2,1-2H3,(H,34,41)(H,37,40)/t17-,19-. The van der Waals surface area contributed by atoms with Crippen LogP contribution in [0.3, 0.4) is 0 Å². The van der Waals surface area contributed by atoms with E-state index in [2.05, 4.69) is 20.6 Å². The van der Waals surface area contributed by atoms with Crippen LogP contribution in [0.15, 0.2) is 53.6 Å². The topological polar surface area (TPSA) is 111 Å². The van der Waals surface area contributed by atoms with E-state index in [-0.39, 0.29) is 34.3 Å². The van der Waals surface area contributed by atoms with Crippen LogP contribution < -0.4 is 16.3 Å². The summed E-state index contributed by atoms with van der Waals surface area (Å²) < 4.78 is 43.5. The zero-order chi connectivity index (χ0) is 30.2. The number of aromatic nitrogens is 4. The van der Waals surface area contributed by atoms with E-state index in [4.69, 9.17) is 11.6 Å². The Hall–Kier alpha value is -4.19. The van der Waals surface area contributed by atoms with Gasteiger partial charge in [0.15, 0.2) is 5.69 Å². The SMILES string of the molecule is CNC(=O)c1cc(C)c(-n2c(=O)n(C[C@H]3CC[C@H](NC(=O)c4cc(Cl)cnc4C(F)(F)F)CC3)c3ccccc32)cn1. The average molecular weight is 601 g/mol. The van der Waals surface area contributed by atoms with E-state index in [1.165, 1.54) is 13.2 Å². The fraction of sp³-hybridized carbons (Fsp3) is 0.345. The highest BCUT2D eigenvalue weighted by molar-refractivity contribution is 6.30. The van der Waals surface area contributed by atoms with Crippen molar-refractivity contribution in [1.29, 1.82) is 0 Å². The number of imidazole rings is 1. The molecular formula is C29H28ClF3N6O3. The first-order chi connectivity index (χ1) is 20.0. The Morgan fingerprint density at radius 1 is 1.02 bits per heavy atom. The number of nitrogens with one attached hydrogen (secondary N) is 2. The van der Waals surface area contributed by atoms with Gasteiger partial charge in [-0.3, -0.25) is 18.7 Å². The Morgan fingerprint density at radius 3 is 2.36 bits per heavy atom. The third kappa shape index (κ3) is 5.76. The number of aryl methyl sites for hydroxylation is 1. The lowest BCUT2D eigenvalue weighted by molar-refractivity contribution is -0.141. The van der Waals surface area contributed by atoms with E-state index in [1.54, 1.807) is 15.2 Å². The van der Waals surface area contributed by atoms with E-state index in [0.717, 1.165) is 17.8 Å². The van der Waals surface area contributed by atoms with Crippen LogP contribution >= 0.6 is 11.6 Å². The number of para-hydroxylation sites is 2. The van der Waals surface area contributed by atoms with Crippen molar-refractivity contribution in [3.05, 3.63) is 86.8 Å². The molecule has 1 fully saturated rings. The van der Waals surface area contributed by atoms with E-state index in [0.29, 0.717) is 49.0 Å². The first-order valence-electron chi connectivity index (χ1n) is 13.4. The van der Waals surface area contributed by atoms with Crippen molar-refractivity contribution in [2.45, 2.75) is 51.4 Å². The maximum Gasteiger partial charge on any atom is 0.434 e. The molecule has 0 atom stereocenters. The molecule has 2 N–H and O–H groups in total. The molecule has 220 valence electrons. The number of fused-ring (bicyclic) bond motifs is 1. The quantitative estimate of drug-likeness (QED) is 0.327. The molecule has 5 rings (SSSR count). The van der Waals surface area contributed by atoms with Crippen LogP contribution in [0.1, 0.15) is 57.8 Å². The van der Waals surface area contributed by atoms with Gasteiger partial charge in [-0.1, -0.05) is 23.7 Å². The van der Waals surface area contributed by atoms with Gasteiger partial charge in [-0.25, -0.2) is 14.8 Å². The summed E-state index contributed by atoms with van der Waals surface area (Å²) in [6.45, 7) is 2.25. The van der Waals surface area contributed by atoms with Crippen molar-refractivity contribution < 1.29 is 22.8 Å². The lowest BCUT2D eigenvalue weighted by Gasteiger charge is -2.29. The van der Waals surface area contributed by atoms with Gasteiger partial charge in [-0.05, 0) is 68.4 Å². The summed E-state index contributed by atoms with van der Waals surface area (Å²) in [5.41, 5.74) is 0.874. The number of alkyl halides is 3. The van der Waals surface area contributed by atoms with Gasteiger partial charge in [0, 0.05) is 25.8 Å². The second-order valence-corrected chi connectivity index (χ2v) is 10.8. The molecule has 1 aliphatic carbocycles. The number of pyridine rings is 2. The van der Waals surface area contributed by atoms with Crippen molar-refractivity contribution >= 4 is 34.4 Å². The molecule has 1 aliphatic rings. The van der Waals surface area contributed by atoms with Crippen molar-refractivity contribution in [1.82, 2.24) is 29.7 Å². The largest absolute Gasteiger partial charge is 0.434 e. The van der Waals surface area contributed by atoms with Crippen molar-refractivity contribution in [3.63, 3.8) is 0 Å². The smallest absolute Gasteiger partial charge is 0.354 e. The van der Waals surface area contributed by atoms with Crippen molar-refractivity contribution in [2.75, 3.05) is 7.05 Å². The lowest BCUT2D eigenvalue weighted by Crippen LogP contribution is -2.39. The number of nitrogens with zero attached hydrogens (tertiary/aromatic N) is 4. The molecule has 9 nitrogen and oxygen atoms in total. The number of hydrogen-bond acceptors (Lipinski definition) is 5. The number of halogens is 4. The minimum atomic E-state index is -4.79. The zero-order valence-corrected chi connectivity index (χ0v) is 23.6. The van der Waals surface area contributed by atoms with Crippen LogP contribution in [0.25, 0.3) is 16.7 Å². The summed E-state index contributed by atoms with van der Waals surface area (Å²) in [5, 5.41) is 5.18. The van der Waals surface area contributed by atoms with Crippen LogP contribution in [-0.4, -0.2) is 44.0 Å². The predicted octanol–water partition coefficient (Wildman–Crippen LogP) is 4.91. The fourth-order valence-electron chi connectivity index (χ4n) is 5.50.